The van der Waals surface area contributed by atoms with Gasteiger partial charge in [0.15, 0.2) is 0 Å². The van der Waals surface area contributed by atoms with Gasteiger partial charge < -0.3 is 10.0 Å². The van der Waals surface area contributed by atoms with Crippen LogP contribution < -0.4 is 0 Å². The molecule has 1 saturated heterocycles. The highest BCUT2D eigenvalue weighted by Gasteiger charge is 2.48. The van der Waals surface area contributed by atoms with Crippen molar-refractivity contribution in [2.24, 2.45) is 11.8 Å². The lowest BCUT2D eigenvalue weighted by molar-refractivity contribution is -0.134. The van der Waals surface area contributed by atoms with E-state index in [0.29, 0.717) is 29.1 Å². The summed E-state index contributed by atoms with van der Waals surface area (Å²) in [6.45, 7) is 4.23. The zero-order chi connectivity index (χ0) is 18.2. The SMILES string of the molecule is CC(C)(O)C1CN(C2CCCCC2)C(=O)C1Cc1c(Cl)cccc1Cl. The number of hydrogen-bond acceptors (Lipinski definition) is 2. The first-order valence-electron chi connectivity index (χ1n) is 9.24. The Hall–Kier alpha value is -0.770. The van der Waals surface area contributed by atoms with Crippen LogP contribution in [-0.4, -0.2) is 34.1 Å². The number of carbonyl (C=O) groups excluding carboxylic acids is 1. The van der Waals surface area contributed by atoms with E-state index >= 15 is 0 Å². The average molecular weight is 384 g/mol. The van der Waals surface area contributed by atoms with Gasteiger partial charge in [0.05, 0.1) is 5.60 Å². The molecule has 0 radical (unpaired) electrons. The number of rotatable bonds is 4. The summed E-state index contributed by atoms with van der Waals surface area (Å²) in [5.74, 6) is -0.247. The molecule has 2 unspecified atom stereocenters. The predicted molar refractivity (Wildman–Crippen MR) is 102 cm³/mol. The molecule has 1 amide bonds. The van der Waals surface area contributed by atoms with E-state index in [2.05, 4.69) is 0 Å². The lowest BCUT2D eigenvalue weighted by Crippen LogP contribution is -2.39. The first kappa shape index (κ1) is 19.0. The third-order valence-electron chi connectivity index (χ3n) is 5.89. The van der Waals surface area contributed by atoms with Crippen LogP contribution in [0.5, 0.6) is 0 Å². The summed E-state index contributed by atoms with van der Waals surface area (Å²) < 4.78 is 0. The molecule has 1 aliphatic carbocycles. The summed E-state index contributed by atoms with van der Waals surface area (Å²) in [6.07, 6.45) is 6.25. The van der Waals surface area contributed by atoms with Gasteiger partial charge in [-0.05, 0) is 50.8 Å². The number of nitrogens with zero attached hydrogens (tertiary/aromatic N) is 1. The number of benzene rings is 1. The van der Waals surface area contributed by atoms with Crippen molar-refractivity contribution in [1.82, 2.24) is 4.90 Å². The van der Waals surface area contributed by atoms with Crippen molar-refractivity contribution in [2.75, 3.05) is 6.54 Å². The number of likely N-dealkylation sites (tertiary alicyclic amines) is 1. The van der Waals surface area contributed by atoms with E-state index in [-0.39, 0.29) is 17.7 Å². The second-order valence-corrected chi connectivity index (χ2v) is 8.87. The van der Waals surface area contributed by atoms with Crippen LogP contribution in [0.2, 0.25) is 10.0 Å². The maximum absolute atomic E-state index is 13.2. The summed E-state index contributed by atoms with van der Waals surface area (Å²) in [6, 6.07) is 5.74. The van der Waals surface area contributed by atoms with E-state index in [0.717, 1.165) is 18.4 Å². The Bertz CT molecular complexity index is 615. The van der Waals surface area contributed by atoms with Crippen molar-refractivity contribution in [3.8, 4) is 0 Å². The predicted octanol–water partition coefficient (Wildman–Crippen LogP) is 4.71. The van der Waals surface area contributed by atoms with Crippen molar-refractivity contribution < 1.29 is 9.90 Å². The van der Waals surface area contributed by atoms with Crippen molar-refractivity contribution in [3.05, 3.63) is 33.8 Å². The highest BCUT2D eigenvalue weighted by Crippen LogP contribution is 2.40. The molecule has 1 heterocycles. The van der Waals surface area contributed by atoms with Crippen molar-refractivity contribution in [2.45, 2.75) is 64.0 Å². The van der Waals surface area contributed by atoms with Crippen LogP contribution in [0, 0.1) is 11.8 Å². The zero-order valence-corrected chi connectivity index (χ0v) is 16.5. The van der Waals surface area contributed by atoms with E-state index in [1.807, 2.05) is 11.0 Å². The largest absolute Gasteiger partial charge is 0.390 e. The van der Waals surface area contributed by atoms with Crippen molar-refractivity contribution >= 4 is 29.1 Å². The van der Waals surface area contributed by atoms with E-state index in [1.165, 1.54) is 19.3 Å². The van der Waals surface area contributed by atoms with Gasteiger partial charge in [0.2, 0.25) is 5.91 Å². The smallest absolute Gasteiger partial charge is 0.226 e. The summed E-state index contributed by atoms with van der Waals surface area (Å²) in [4.78, 5) is 15.2. The minimum atomic E-state index is -0.919. The molecule has 1 aromatic rings. The summed E-state index contributed by atoms with van der Waals surface area (Å²) in [5.41, 5.74) is -0.110. The second-order valence-electron chi connectivity index (χ2n) is 8.05. The normalized spacial score (nSPS) is 25.6. The maximum atomic E-state index is 13.2. The minimum Gasteiger partial charge on any atom is -0.390 e. The molecule has 2 fully saturated rings. The number of amides is 1. The fraction of sp³-hybridized carbons (Fsp3) is 0.650. The molecule has 25 heavy (non-hydrogen) atoms. The van der Waals surface area contributed by atoms with Crippen LogP contribution in [0.25, 0.3) is 0 Å². The lowest BCUT2D eigenvalue weighted by atomic mass is 9.79. The molecule has 0 bridgehead atoms. The molecule has 0 aromatic heterocycles. The Kier molecular flexibility index (Phi) is 5.67. The molecule has 2 atom stereocenters. The second kappa shape index (κ2) is 7.46. The van der Waals surface area contributed by atoms with Crippen LogP contribution in [0.3, 0.4) is 0 Å². The van der Waals surface area contributed by atoms with E-state index in [4.69, 9.17) is 23.2 Å². The van der Waals surface area contributed by atoms with E-state index in [9.17, 15) is 9.90 Å². The molecule has 1 aromatic carbocycles. The average Bonchev–Trinajstić information content (AvgIpc) is 2.89. The molecule has 138 valence electrons. The molecular formula is C20H27Cl2NO2. The third kappa shape index (κ3) is 3.99. The number of carbonyl (C=O) groups is 1. The third-order valence-corrected chi connectivity index (χ3v) is 6.60. The molecule has 1 saturated carbocycles. The van der Waals surface area contributed by atoms with Crippen molar-refractivity contribution in [3.63, 3.8) is 0 Å². The fourth-order valence-corrected chi connectivity index (χ4v) is 4.98. The molecule has 1 aliphatic heterocycles. The highest BCUT2D eigenvalue weighted by molar-refractivity contribution is 6.36. The maximum Gasteiger partial charge on any atom is 0.226 e. The number of aliphatic hydroxyl groups is 1. The number of halogens is 2. The van der Waals surface area contributed by atoms with Gasteiger partial charge in [-0.2, -0.15) is 0 Å². The van der Waals surface area contributed by atoms with Gasteiger partial charge in [0, 0.05) is 34.5 Å². The molecule has 2 aliphatic rings. The molecule has 5 heteroatoms. The Morgan fingerprint density at radius 3 is 2.32 bits per heavy atom. The quantitative estimate of drug-likeness (QED) is 0.817. The Morgan fingerprint density at radius 1 is 1.16 bits per heavy atom. The molecule has 3 rings (SSSR count). The lowest BCUT2D eigenvalue weighted by Gasteiger charge is -2.32. The molecular weight excluding hydrogens is 357 g/mol. The van der Waals surface area contributed by atoms with Gasteiger partial charge in [-0.15, -0.1) is 0 Å². The molecule has 3 nitrogen and oxygen atoms in total. The summed E-state index contributed by atoms with van der Waals surface area (Å²) in [5, 5.41) is 11.9. The molecule has 1 N–H and O–H groups in total. The van der Waals surface area contributed by atoms with Crippen LogP contribution in [0.1, 0.15) is 51.5 Å². The Morgan fingerprint density at radius 2 is 1.76 bits per heavy atom. The van der Waals surface area contributed by atoms with Crippen molar-refractivity contribution in [1.29, 1.82) is 0 Å². The standard InChI is InChI=1S/C20H27Cl2NO2/c1-20(2,25)16-12-23(13-7-4-3-5-8-13)19(24)14(16)11-15-17(21)9-6-10-18(15)22/h6,9-10,13-14,16,25H,3-5,7-8,11-12H2,1-2H3. The van der Waals surface area contributed by atoms with Gasteiger partial charge in [0.25, 0.3) is 0 Å². The van der Waals surface area contributed by atoms with E-state index in [1.54, 1.807) is 26.0 Å². The molecule has 0 spiro atoms. The monoisotopic (exact) mass is 383 g/mol. The van der Waals surface area contributed by atoms with Crippen LogP contribution in [0.15, 0.2) is 18.2 Å². The Labute approximate surface area is 160 Å². The first-order chi connectivity index (χ1) is 11.8. The zero-order valence-electron chi connectivity index (χ0n) is 15.0. The van der Waals surface area contributed by atoms with Crippen LogP contribution >= 0.6 is 23.2 Å². The number of hydrogen-bond donors (Lipinski definition) is 1. The highest BCUT2D eigenvalue weighted by atomic mass is 35.5. The minimum absolute atomic E-state index is 0.116. The van der Waals surface area contributed by atoms with E-state index < -0.39 is 5.60 Å². The van der Waals surface area contributed by atoms with Gasteiger partial charge in [-0.3, -0.25) is 4.79 Å². The van der Waals surface area contributed by atoms with Crippen LogP contribution in [-0.2, 0) is 11.2 Å². The van der Waals surface area contributed by atoms with Gasteiger partial charge in [0.1, 0.15) is 0 Å². The van der Waals surface area contributed by atoms with Gasteiger partial charge in [-0.1, -0.05) is 48.5 Å². The topological polar surface area (TPSA) is 40.5 Å². The summed E-state index contributed by atoms with van der Waals surface area (Å²) in [7, 11) is 0. The van der Waals surface area contributed by atoms with Gasteiger partial charge >= 0.3 is 0 Å². The fourth-order valence-electron chi connectivity index (χ4n) is 4.43. The summed E-state index contributed by atoms with van der Waals surface area (Å²) >= 11 is 12.7. The first-order valence-corrected chi connectivity index (χ1v) is 10.0. The van der Waals surface area contributed by atoms with Crippen LogP contribution in [0.4, 0.5) is 0 Å². The van der Waals surface area contributed by atoms with Gasteiger partial charge in [-0.25, -0.2) is 0 Å². The Balaban J connectivity index is 1.87.